The Morgan fingerprint density at radius 1 is 1.18 bits per heavy atom. The van der Waals surface area contributed by atoms with Crippen molar-refractivity contribution in [2.24, 2.45) is 0 Å². The lowest BCUT2D eigenvalue weighted by molar-refractivity contribution is -0.140. The fourth-order valence-corrected chi connectivity index (χ4v) is 4.03. The highest BCUT2D eigenvalue weighted by molar-refractivity contribution is 6.46. The van der Waals surface area contributed by atoms with Crippen molar-refractivity contribution < 1.29 is 23.8 Å². The fourth-order valence-electron chi connectivity index (χ4n) is 3.80. The third-order valence-corrected chi connectivity index (χ3v) is 5.60. The van der Waals surface area contributed by atoms with E-state index < -0.39 is 23.5 Å². The third-order valence-electron chi connectivity index (χ3n) is 5.31. The predicted octanol–water partition coefficient (Wildman–Crippen LogP) is 4.89. The monoisotopic (exact) mass is 466 g/mol. The maximum atomic E-state index is 13.6. The van der Waals surface area contributed by atoms with E-state index in [1.165, 1.54) is 35.2 Å². The number of nitrogens with zero attached hydrogens (tertiary/aromatic N) is 2. The molecule has 1 fully saturated rings. The van der Waals surface area contributed by atoms with Crippen molar-refractivity contribution in [3.05, 3.63) is 100 Å². The second-order valence-corrected chi connectivity index (χ2v) is 7.83. The Hall–Kier alpha value is -3.71. The van der Waals surface area contributed by atoms with Gasteiger partial charge in [0, 0.05) is 24.5 Å². The molecule has 2 heterocycles. The van der Waals surface area contributed by atoms with Crippen LogP contribution in [0.4, 0.5) is 4.39 Å². The van der Waals surface area contributed by atoms with Crippen molar-refractivity contribution >= 4 is 29.1 Å². The van der Waals surface area contributed by atoms with Crippen molar-refractivity contribution in [1.29, 1.82) is 0 Å². The number of hydrogen-bond donors (Lipinski definition) is 1. The molecule has 1 amide bonds. The molecule has 33 heavy (non-hydrogen) atoms. The highest BCUT2D eigenvalue weighted by atomic mass is 35.5. The first-order chi connectivity index (χ1) is 15.9. The van der Waals surface area contributed by atoms with Gasteiger partial charge in [0.25, 0.3) is 11.7 Å². The standard InChI is InChI=1S/C25H20ClFN2O4/c1-2-33-20-10-7-17(12-19(20)26)23(30)21-22(16-5-8-18(27)9-6-16)29(25(32)24(21)31)14-15-4-3-11-28-13-15/h3-13,22,30H,2,14H2,1H3. The number of Topliss-reactive ketones (excluding diaryl/α,β-unsaturated/α-hetero) is 1. The van der Waals surface area contributed by atoms with Gasteiger partial charge in [0.15, 0.2) is 0 Å². The van der Waals surface area contributed by atoms with E-state index in [0.29, 0.717) is 23.5 Å². The number of benzene rings is 2. The van der Waals surface area contributed by atoms with Crippen LogP contribution >= 0.6 is 11.6 Å². The number of halogens is 2. The van der Waals surface area contributed by atoms with Gasteiger partial charge in [0.2, 0.25) is 0 Å². The molecule has 0 bridgehead atoms. The van der Waals surface area contributed by atoms with Crippen molar-refractivity contribution in [3.8, 4) is 5.75 Å². The van der Waals surface area contributed by atoms with Crippen LogP contribution in [0.3, 0.4) is 0 Å². The highest BCUT2D eigenvalue weighted by Crippen LogP contribution is 2.41. The zero-order chi connectivity index (χ0) is 23.5. The van der Waals surface area contributed by atoms with Crippen molar-refractivity contribution in [2.45, 2.75) is 19.5 Å². The van der Waals surface area contributed by atoms with Crippen molar-refractivity contribution in [3.63, 3.8) is 0 Å². The summed E-state index contributed by atoms with van der Waals surface area (Å²) in [6, 6.07) is 12.7. The molecule has 0 aliphatic carbocycles. The van der Waals surface area contributed by atoms with Gasteiger partial charge in [-0.2, -0.15) is 0 Å². The Labute approximate surface area is 194 Å². The van der Waals surface area contributed by atoms with Gasteiger partial charge in [-0.05, 0) is 54.4 Å². The lowest BCUT2D eigenvalue weighted by atomic mass is 9.95. The number of ether oxygens (including phenoxy) is 1. The summed E-state index contributed by atoms with van der Waals surface area (Å²) < 4.78 is 19.0. The molecule has 8 heteroatoms. The molecule has 1 aliphatic heterocycles. The molecule has 1 saturated heterocycles. The minimum Gasteiger partial charge on any atom is -0.507 e. The number of pyridine rings is 1. The number of carbonyl (C=O) groups excluding carboxylic acids is 2. The Bertz CT molecular complexity index is 1230. The third kappa shape index (κ3) is 4.45. The van der Waals surface area contributed by atoms with Crippen LogP contribution in [0.5, 0.6) is 5.75 Å². The predicted molar refractivity (Wildman–Crippen MR) is 121 cm³/mol. The van der Waals surface area contributed by atoms with Gasteiger partial charge in [-0.15, -0.1) is 0 Å². The number of aromatic nitrogens is 1. The van der Waals surface area contributed by atoms with Crippen molar-refractivity contribution in [2.75, 3.05) is 6.61 Å². The molecular weight excluding hydrogens is 447 g/mol. The molecule has 1 unspecified atom stereocenters. The van der Waals surface area contributed by atoms with Gasteiger partial charge in [0.05, 0.1) is 23.2 Å². The maximum Gasteiger partial charge on any atom is 0.295 e. The Morgan fingerprint density at radius 3 is 2.58 bits per heavy atom. The summed E-state index contributed by atoms with van der Waals surface area (Å²) in [5.74, 6) is -2.01. The number of amides is 1. The van der Waals surface area contributed by atoms with Gasteiger partial charge in [-0.1, -0.05) is 29.8 Å². The summed E-state index contributed by atoms with van der Waals surface area (Å²) in [6.45, 7) is 2.31. The zero-order valence-corrected chi connectivity index (χ0v) is 18.4. The normalized spacial score (nSPS) is 17.4. The quantitative estimate of drug-likeness (QED) is 0.318. The molecule has 168 valence electrons. The van der Waals surface area contributed by atoms with Crippen LogP contribution in [0.1, 0.15) is 29.7 Å². The Kier molecular flexibility index (Phi) is 6.42. The first kappa shape index (κ1) is 22.5. The number of hydrogen-bond acceptors (Lipinski definition) is 5. The second-order valence-electron chi connectivity index (χ2n) is 7.42. The number of ketones is 1. The average molecular weight is 467 g/mol. The van der Waals surface area contributed by atoms with Gasteiger partial charge in [-0.3, -0.25) is 14.6 Å². The van der Waals surface area contributed by atoms with Crippen LogP contribution in [0.15, 0.2) is 72.6 Å². The topological polar surface area (TPSA) is 79.7 Å². The van der Waals surface area contributed by atoms with E-state index in [1.807, 2.05) is 6.92 Å². The summed E-state index contributed by atoms with van der Waals surface area (Å²) in [6.07, 6.45) is 3.19. The minimum atomic E-state index is -0.920. The molecule has 1 aliphatic rings. The molecule has 1 N–H and O–H groups in total. The number of rotatable bonds is 6. The van der Waals surface area contributed by atoms with E-state index in [1.54, 1.807) is 36.7 Å². The largest absolute Gasteiger partial charge is 0.507 e. The van der Waals surface area contributed by atoms with Gasteiger partial charge < -0.3 is 14.7 Å². The lowest BCUT2D eigenvalue weighted by Gasteiger charge is -2.25. The number of carbonyl (C=O) groups is 2. The molecule has 0 radical (unpaired) electrons. The molecule has 2 aromatic carbocycles. The molecule has 3 aromatic rings. The molecule has 4 rings (SSSR count). The highest BCUT2D eigenvalue weighted by Gasteiger charge is 2.46. The van der Waals surface area contributed by atoms with E-state index in [9.17, 15) is 19.1 Å². The van der Waals surface area contributed by atoms with E-state index >= 15 is 0 Å². The van der Waals surface area contributed by atoms with Crippen LogP contribution in [0.25, 0.3) is 5.76 Å². The first-order valence-electron chi connectivity index (χ1n) is 10.3. The first-order valence-corrected chi connectivity index (χ1v) is 10.6. The zero-order valence-electron chi connectivity index (χ0n) is 17.7. The van der Waals surface area contributed by atoms with E-state index in [2.05, 4.69) is 4.98 Å². The van der Waals surface area contributed by atoms with Gasteiger partial charge in [-0.25, -0.2) is 4.39 Å². The van der Waals surface area contributed by atoms with Crippen molar-refractivity contribution in [1.82, 2.24) is 9.88 Å². The number of aliphatic hydroxyl groups excluding tert-OH is 1. The van der Waals surface area contributed by atoms with E-state index in [-0.39, 0.29) is 28.5 Å². The van der Waals surface area contributed by atoms with E-state index in [4.69, 9.17) is 16.3 Å². The molecule has 1 atom stereocenters. The van der Waals surface area contributed by atoms with Gasteiger partial charge >= 0.3 is 0 Å². The summed E-state index contributed by atoms with van der Waals surface area (Å²) >= 11 is 6.26. The smallest absolute Gasteiger partial charge is 0.295 e. The molecule has 6 nitrogen and oxygen atoms in total. The summed E-state index contributed by atoms with van der Waals surface area (Å²) in [4.78, 5) is 31.5. The average Bonchev–Trinajstić information content (AvgIpc) is 3.06. The number of likely N-dealkylation sites (tertiary alicyclic amines) is 1. The van der Waals surface area contributed by atoms with Crippen LogP contribution in [0.2, 0.25) is 5.02 Å². The van der Waals surface area contributed by atoms with Crippen LogP contribution < -0.4 is 4.74 Å². The molecule has 1 aromatic heterocycles. The van der Waals surface area contributed by atoms with Crippen LogP contribution in [0, 0.1) is 5.82 Å². The van der Waals surface area contributed by atoms with Crippen LogP contribution in [-0.4, -0.2) is 33.3 Å². The summed E-state index contributed by atoms with van der Waals surface area (Å²) in [7, 11) is 0. The Balaban J connectivity index is 1.84. The maximum absolute atomic E-state index is 13.6. The Morgan fingerprint density at radius 2 is 1.94 bits per heavy atom. The lowest BCUT2D eigenvalue weighted by Crippen LogP contribution is -2.29. The molecular formula is C25H20ClFN2O4. The summed E-state index contributed by atoms with van der Waals surface area (Å²) in [5, 5.41) is 11.4. The number of aliphatic hydroxyl groups is 1. The second kappa shape index (κ2) is 9.42. The summed E-state index contributed by atoms with van der Waals surface area (Å²) in [5.41, 5.74) is 1.35. The van der Waals surface area contributed by atoms with E-state index in [0.717, 1.165) is 0 Å². The molecule has 0 spiro atoms. The van der Waals surface area contributed by atoms with Gasteiger partial charge in [0.1, 0.15) is 17.3 Å². The molecule has 0 saturated carbocycles. The minimum absolute atomic E-state index is 0.0846. The SMILES string of the molecule is CCOc1ccc(C(O)=C2C(=O)C(=O)N(Cc3cccnc3)C2c2ccc(F)cc2)cc1Cl. The fraction of sp³-hybridized carbons (Fsp3) is 0.160. The van der Waals surface area contributed by atoms with Crippen LogP contribution in [-0.2, 0) is 16.1 Å².